The summed E-state index contributed by atoms with van der Waals surface area (Å²) >= 11 is 7.43. The Kier molecular flexibility index (Phi) is 8.78. The van der Waals surface area contributed by atoms with Crippen molar-refractivity contribution in [3.05, 3.63) is 51.2 Å². The highest BCUT2D eigenvalue weighted by Gasteiger charge is 2.12. The van der Waals surface area contributed by atoms with Gasteiger partial charge in [-0.1, -0.05) is 17.7 Å². The number of nitrogens with one attached hydrogen (secondary N) is 2. The summed E-state index contributed by atoms with van der Waals surface area (Å²) in [6.45, 7) is 1.17. The largest absolute Gasteiger partial charge is 0.352 e. The molecule has 2 rings (SSSR count). The normalized spacial score (nSPS) is 9.92. The summed E-state index contributed by atoms with van der Waals surface area (Å²) in [7, 11) is 0. The molecule has 0 bridgehead atoms. The number of nitrogens with two attached hydrogens (primary N) is 1. The maximum absolute atomic E-state index is 12.1. The van der Waals surface area contributed by atoms with Gasteiger partial charge in [0.05, 0.1) is 15.6 Å². The van der Waals surface area contributed by atoms with Crippen molar-refractivity contribution in [2.45, 2.75) is 12.8 Å². The Balaban J connectivity index is 0.00000288. The Morgan fingerprint density at radius 2 is 1.96 bits per heavy atom. The lowest BCUT2D eigenvalue weighted by molar-refractivity contribution is 0.0951. The van der Waals surface area contributed by atoms with E-state index >= 15 is 0 Å². The number of hydrogen-bond donors (Lipinski definition) is 3. The van der Waals surface area contributed by atoms with Gasteiger partial charge in [0.2, 0.25) is 0 Å². The van der Waals surface area contributed by atoms with E-state index in [1.807, 2.05) is 5.38 Å². The second kappa shape index (κ2) is 10.3. The Bertz CT molecular complexity index is 678. The fraction of sp³-hybridized carbons (Fsp3) is 0.250. The number of benzene rings is 1. The lowest BCUT2D eigenvalue weighted by atomic mass is 10.1. The molecule has 0 aliphatic heterocycles. The van der Waals surface area contributed by atoms with Crippen LogP contribution in [0.3, 0.4) is 0 Å². The van der Waals surface area contributed by atoms with Crippen LogP contribution in [-0.2, 0) is 0 Å². The molecule has 0 atom stereocenters. The molecule has 1 aromatic carbocycles. The van der Waals surface area contributed by atoms with E-state index in [2.05, 4.69) is 10.6 Å². The quantitative estimate of drug-likeness (QED) is 0.635. The fourth-order valence-corrected chi connectivity index (χ4v) is 2.71. The smallest absolute Gasteiger partial charge is 0.265 e. The van der Waals surface area contributed by atoms with Gasteiger partial charge in [0.1, 0.15) is 0 Å². The van der Waals surface area contributed by atoms with Crippen molar-refractivity contribution >= 4 is 52.8 Å². The van der Waals surface area contributed by atoms with Crippen LogP contribution >= 0.6 is 35.3 Å². The van der Waals surface area contributed by atoms with Gasteiger partial charge >= 0.3 is 0 Å². The lowest BCUT2D eigenvalue weighted by Crippen LogP contribution is -2.25. The second-order valence-electron chi connectivity index (χ2n) is 4.88. The standard InChI is InChI=1S/C16H18ClN3O2S.ClH/c17-12-6-5-11(15(21)19-8-2-1-7-18)10-13(12)20-16(22)14-4-3-9-23-14;/h3-6,9-10H,1-2,7-8,18H2,(H,19,21)(H,20,22);1H. The topological polar surface area (TPSA) is 84.2 Å². The molecule has 0 saturated carbocycles. The van der Waals surface area contributed by atoms with Crippen LogP contribution in [0.5, 0.6) is 0 Å². The molecule has 0 fully saturated rings. The van der Waals surface area contributed by atoms with E-state index in [1.165, 1.54) is 11.3 Å². The molecule has 4 N–H and O–H groups in total. The van der Waals surface area contributed by atoms with Gasteiger partial charge < -0.3 is 16.4 Å². The van der Waals surface area contributed by atoms with Crippen LogP contribution < -0.4 is 16.4 Å². The molecular weight excluding hydrogens is 369 g/mol. The Morgan fingerprint density at radius 1 is 1.17 bits per heavy atom. The Labute approximate surface area is 156 Å². The van der Waals surface area contributed by atoms with E-state index in [4.69, 9.17) is 17.3 Å². The average Bonchev–Trinajstić information content (AvgIpc) is 3.08. The number of rotatable bonds is 7. The van der Waals surface area contributed by atoms with E-state index in [-0.39, 0.29) is 24.2 Å². The number of anilines is 1. The minimum Gasteiger partial charge on any atom is -0.352 e. The SMILES string of the molecule is Cl.NCCCCNC(=O)c1ccc(Cl)c(NC(=O)c2cccs2)c1. The third-order valence-electron chi connectivity index (χ3n) is 3.14. The summed E-state index contributed by atoms with van der Waals surface area (Å²) in [4.78, 5) is 24.8. The van der Waals surface area contributed by atoms with Crippen molar-refractivity contribution in [2.24, 2.45) is 5.73 Å². The minimum absolute atomic E-state index is 0. The molecule has 0 saturated heterocycles. The van der Waals surface area contributed by atoms with Crippen LogP contribution in [0, 0.1) is 0 Å². The number of halogens is 2. The van der Waals surface area contributed by atoms with Crippen molar-refractivity contribution in [2.75, 3.05) is 18.4 Å². The van der Waals surface area contributed by atoms with Crippen molar-refractivity contribution in [1.82, 2.24) is 5.32 Å². The van der Waals surface area contributed by atoms with Gasteiger partial charge in [-0.2, -0.15) is 0 Å². The summed E-state index contributed by atoms with van der Waals surface area (Å²) in [6.07, 6.45) is 1.70. The number of amides is 2. The van der Waals surface area contributed by atoms with Gasteiger partial charge in [0.15, 0.2) is 0 Å². The van der Waals surface area contributed by atoms with Crippen molar-refractivity contribution in [1.29, 1.82) is 0 Å². The molecule has 5 nitrogen and oxygen atoms in total. The van der Waals surface area contributed by atoms with Crippen LogP contribution in [0.25, 0.3) is 0 Å². The van der Waals surface area contributed by atoms with Crippen molar-refractivity contribution in [3.63, 3.8) is 0 Å². The summed E-state index contributed by atoms with van der Waals surface area (Å²) in [5.41, 5.74) is 6.28. The van der Waals surface area contributed by atoms with E-state index in [9.17, 15) is 9.59 Å². The minimum atomic E-state index is -0.248. The fourth-order valence-electron chi connectivity index (χ4n) is 1.93. The van der Waals surface area contributed by atoms with Gasteiger partial charge in [-0.15, -0.1) is 23.7 Å². The molecule has 8 heteroatoms. The van der Waals surface area contributed by atoms with Crippen LogP contribution in [0.4, 0.5) is 5.69 Å². The number of carbonyl (C=O) groups is 2. The van der Waals surface area contributed by atoms with Crippen LogP contribution in [-0.4, -0.2) is 24.9 Å². The third-order valence-corrected chi connectivity index (χ3v) is 4.34. The summed E-state index contributed by atoms with van der Waals surface area (Å²) in [6, 6.07) is 8.32. The predicted molar refractivity (Wildman–Crippen MR) is 102 cm³/mol. The molecule has 130 valence electrons. The Morgan fingerprint density at radius 3 is 2.62 bits per heavy atom. The first-order valence-electron chi connectivity index (χ1n) is 7.24. The van der Waals surface area contributed by atoms with Crippen molar-refractivity contribution in [3.8, 4) is 0 Å². The second-order valence-corrected chi connectivity index (χ2v) is 6.23. The highest BCUT2D eigenvalue weighted by Crippen LogP contribution is 2.24. The molecule has 0 unspecified atom stereocenters. The van der Waals surface area contributed by atoms with E-state index < -0.39 is 0 Å². The molecule has 0 radical (unpaired) electrons. The van der Waals surface area contributed by atoms with E-state index in [0.717, 1.165) is 12.8 Å². The molecule has 1 heterocycles. The van der Waals surface area contributed by atoms with Gasteiger partial charge in [-0.3, -0.25) is 9.59 Å². The molecular formula is C16H19Cl2N3O2S. The van der Waals surface area contributed by atoms with Crippen LogP contribution in [0.1, 0.15) is 32.9 Å². The molecule has 0 aliphatic rings. The number of unbranched alkanes of at least 4 members (excludes halogenated alkanes) is 1. The molecule has 2 aromatic rings. The first kappa shape index (κ1) is 20.4. The van der Waals surface area contributed by atoms with Crippen LogP contribution in [0.15, 0.2) is 35.7 Å². The van der Waals surface area contributed by atoms with E-state index in [1.54, 1.807) is 30.3 Å². The van der Waals surface area contributed by atoms with Gasteiger partial charge in [0, 0.05) is 12.1 Å². The summed E-state index contributed by atoms with van der Waals surface area (Å²) < 4.78 is 0. The van der Waals surface area contributed by atoms with Crippen LogP contribution in [0.2, 0.25) is 5.02 Å². The van der Waals surface area contributed by atoms with Crippen molar-refractivity contribution < 1.29 is 9.59 Å². The predicted octanol–water partition coefficient (Wildman–Crippen LogP) is 3.54. The summed E-state index contributed by atoms with van der Waals surface area (Å²) in [5.74, 6) is -0.451. The zero-order valence-electron chi connectivity index (χ0n) is 12.9. The van der Waals surface area contributed by atoms with Gasteiger partial charge in [0.25, 0.3) is 11.8 Å². The van der Waals surface area contributed by atoms with Gasteiger partial charge in [-0.25, -0.2) is 0 Å². The zero-order chi connectivity index (χ0) is 16.7. The molecule has 24 heavy (non-hydrogen) atoms. The molecule has 2 amide bonds. The first-order chi connectivity index (χ1) is 11.1. The van der Waals surface area contributed by atoms with Gasteiger partial charge in [-0.05, 0) is 49.0 Å². The maximum Gasteiger partial charge on any atom is 0.265 e. The highest BCUT2D eigenvalue weighted by molar-refractivity contribution is 7.12. The highest BCUT2D eigenvalue weighted by atomic mass is 35.5. The molecule has 1 aromatic heterocycles. The Hall–Kier alpha value is -1.60. The average molecular weight is 388 g/mol. The molecule has 0 spiro atoms. The summed E-state index contributed by atoms with van der Waals surface area (Å²) in [5, 5.41) is 7.75. The lowest BCUT2D eigenvalue weighted by Gasteiger charge is -2.09. The zero-order valence-corrected chi connectivity index (χ0v) is 15.3. The number of carbonyl (C=O) groups excluding carboxylic acids is 2. The number of hydrogen-bond acceptors (Lipinski definition) is 4. The monoisotopic (exact) mass is 387 g/mol. The molecule has 0 aliphatic carbocycles. The third kappa shape index (κ3) is 5.79. The first-order valence-corrected chi connectivity index (χ1v) is 8.50. The maximum atomic E-state index is 12.1. The number of thiophene rings is 1. The van der Waals surface area contributed by atoms with E-state index in [0.29, 0.717) is 34.2 Å².